The number of carbonyl (C=O) groups is 1. The van der Waals surface area contributed by atoms with Crippen molar-refractivity contribution < 1.29 is 9.90 Å². The van der Waals surface area contributed by atoms with Gasteiger partial charge in [-0.05, 0) is 30.2 Å². The van der Waals surface area contributed by atoms with E-state index >= 15 is 0 Å². The van der Waals surface area contributed by atoms with Crippen molar-refractivity contribution >= 4 is 33.4 Å². The molecule has 21 heavy (non-hydrogen) atoms. The number of hydrogen-bond acceptors (Lipinski definition) is 2. The Morgan fingerprint density at radius 2 is 1.95 bits per heavy atom. The van der Waals surface area contributed by atoms with E-state index < -0.39 is 0 Å². The zero-order valence-electron chi connectivity index (χ0n) is 11.2. The van der Waals surface area contributed by atoms with Crippen molar-refractivity contribution in [3.8, 4) is 0 Å². The lowest BCUT2D eigenvalue weighted by atomic mass is 10.1. The van der Waals surface area contributed by atoms with Gasteiger partial charge in [0, 0.05) is 4.47 Å². The minimum absolute atomic E-state index is 0.130. The molecule has 5 heteroatoms. The Morgan fingerprint density at radius 3 is 2.57 bits per heavy atom. The summed E-state index contributed by atoms with van der Waals surface area (Å²) in [6, 6.07) is 14.4. The summed E-state index contributed by atoms with van der Waals surface area (Å²) in [7, 11) is 0. The van der Waals surface area contributed by atoms with E-state index in [1.165, 1.54) is 0 Å². The lowest BCUT2D eigenvalue weighted by Gasteiger charge is -2.17. The minimum Gasteiger partial charge on any atom is -0.394 e. The zero-order valence-corrected chi connectivity index (χ0v) is 13.6. The molecule has 0 bridgehead atoms. The first kappa shape index (κ1) is 16.0. The lowest BCUT2D eigenvalue weighted by Crippen LogP contribution is -2.39. The molecule has 0 saturated carbocycles. The highest BCUT2D eigenvalue weighted by molar-refractivity contribution is 9.10. The van der Waals surface area contributed by atoms with Crippen LogP contribution in [-0.2, 0) is 6.42 Å². The molecule has 2 rings (SSSR count). The zero-order chi connectivity index (χ0) is 15.2. The maximum Gasteiger partial charge on any atom is 0.253 e. The van der Waals surface area contributed by atoms with Crippen molar-refractivity contribution in [3.63, 3.8) is 0 Å². The van der Waals surface area contributed by atoms with Gasteiger partial charge in [0.2, 0.25) is 0 Å². The minimum atomic E-state index is -0.348. The van der Waals surface area contributed by atoms with Crippen LogP contribution in [0.15, 0.2) is 53.0 Å². The number of aliphatic hydroxyl groups is 1. The summed E-state index contributed by atoms with van der Waals surface area (Å²) in [6.45, 7) is -0.130. The SMILES string of the molecule is O=C(N[C@@H](CO)Cc1ccccc1)c1ccc(Br)cc1Cl. The van der Waals surface area contributed by atoms with Crippen LogP contribution < -0.4 is 5.32 Å². The monoisotopic (exact) mass is 367 g/mol. The maximum absolute atomic E-state index is 12.2. The highest BCUT2D eigenvalue weighted by atomic mass is 79.9. The van der Waals surface area contributed by atoms with Gasteiger partial charge in [0.15, 0.2) is 0 Å². The molecule has 0 spiro atoms. The van der Waals surface area contributed by atoms with Crippen LogP contribution in [0.25, 0.3) is 0 Å². The third kappa shape index (κ3) is 4.56. The molecule has 0 aliphatic heterocycles. The molecule has 2 N–H and O–H groups in total. The summed E-state index contributed by atoms with van der Waals surface area (Å²) in [5.74, 6) is -0.289. The first-order chi connectivity index (χ1) is 10.1. The topological polar surface area (TPSA) is 49.3 Å². The average molecular weight is 369 g/mol. The highest BCUT2D eigenvalue weighted by Crippen LogP contribution is 2.21. The third-order valence-electron chi connectivity index (χ3n) is 3.06. The highest BCUT2D eigenvalue weighted by Gasteiger charge is 2.16. The lowest BCUT2D eigenvalue weighted by molar-refractivity contribution is 0.0916. The smallest absolute Gasteiger partial charge is 0.253 e. The summed E-state index contributed by atoms with van der Waals surface area (Å²) in [6.07, 6.45) is 0.567. The number of hydrogen-bond donors (Lipinski definition) is 2. The van der Waals surface area contributed by atoms with Crippen LogP contribution in [0.4, 0.5) is 0 Å². The van der Waals surface area contributed by atoms with Crippen molar-refractivity contribution in [2.45, 2.75) is 12.5 Å². The standard InChI is InChI=1S/C16H15BrClNO2/c17-12-6-7-14(15(18)9-12)16(21)19-13(10-20)8-11-4-2-1-3-5-11/h1-7,9,13,20H,8,10H2,(H,19,21)/t13-/m1/s1. The van der Waals surface area contributed by atoms with Crippen molar-refractivity contribution in [3.05, 3.63) is 69.2 Å². The number of carbonyl (C=O) groups excluding carboxylic acids is 1. The van der Waals surface area contributed by atoms with E-state index in [1.54, 1.807) is 18.2 Å². The Morgan fingerprint density at radius 1 is 1.24 bits per heavy atom. The van der Waals surface area contributed by atoms with Gasteiger partial charge in [0.05, 0.1) is 23.2 Å². The predicted molar refractivity (Wildman–Crippen MR) is 87.6 cm³/mol. The Kier molecular flexibility index (Phi) is 5.79. The summed E-state index contributed by atoms with van der Waals surface area (Å²) in [4.78, 5) is 12.2. The molecule has 1 amide bonds. The van der Waals surface area contributed by atoms with E-state index in [4.69, 9.17) is 11.6 Å². The molecular formula is C16H15BrClNO2. The van der Waals surface area contributed by atoms with Gasteiger partial charge in [0.1, 0.15) is 0 Å². The predicted octanol–water partition coefficient (Wildman–Crippen LogP) is 3.44. The van der Waals surface area contributed by atoms with E-state index in [1.807, 2.05) is 30.3 Å². The summed E-state index contributed by atoms with van der Waals surface area (Å²) in [5.41, 5.74) is 1.45. The van der Waals surface area contributed by atoms with E-state index in [2.05, 4.69) is 21.2 Å². The van der Waals surface area contributed by atoms with Gasteiger partial charge in [-0.25, -0.2) is 0 Å². The van der Waals surface area contributed by atoms with Gasteiger partial charge >= 0.3 is 0 Å². The van der Waals surface area contributed by atoms with Gasteiger partial charge in [0.25, 0.3) is 5.91 Å². The first-order valence-electron chi connectivity index (χ1n) is 6.51. The molecule has 2 aromatic rings. The maximum atomic E-state index is 12.2. The van der Waals surface area contributed by atoms with Gasteiger partial charge in [-0.1, -0.05) is 57.9 Å². The molecule has 0 aliphatic rings. The number of benzene rings is 2. The largest absolute Gasteiger partial charge is 0.394 e. The van der Waals surface area contributed by atoms with Crippen LogP contribution >= 0.6 is 27.5 Å². The third-order valence-corrected chi connectivity index (χ3v) is 3.86. The summed E-state index contributed by atoms with van der Waals surface area (Å²) in [5, 5.41) is 12.6. The van der Waals surface area contributed by atoms with E-state index in [-0.39, 0.29) is 18.6 Å². The number of aliphatic hydroxyl groups excluding tert-OH is 1. The van der Waals surface area contributed by atoms with Crippen LogP contribution in [0.2, 0.25) is 5.02 Å². The Balaban J connectivity index is 2.06. The van der Waals surface area contributed by atoms with Crippen molar-refractivity contribution in [1.82, 2.24) is 5.32 Å². The average Bonchev–Trinajstić information content (AvgIpc) is 2.47. The fourth-order valence-electron chi connectivity index (χ4n) is 2.00. The van der Waals surface area contributed by atoms with E-state index in [0.29, 0.717) is 17.0 Å². The second-order valence-corrected chi connectivity index (χ2v) is 5.99. The normalized spacial score (nSPS) is 12.0. The molecule has 3 nitrogen and oxygen atoms in total. The van der Waals surface area contributed by atoms with Gasteiger partial charge < -0.3 is 10.4 Å². The second-order valence-electron chi connectivity index (χ2n) is 4.67. The Labute approximate surface area is 137 Å². The van der Waals surface area contributed by atoms with Crippen LogP contribution in [0.3, 0.4) is 0 Å². The molecule has 1 atom stereocenters. The molecule has 0 unspecified atom stereocenters. The summed E-state index contributed by atoms with van der Waals surface area (Å²) < 4.78 is 0.812. The van der Waals surface area contributed by atoms with Crippen molar-refractivity contribution in [2.24, 2.45) is 0 Å². The molecule has 110 valence electrons. The number of halogens is 2. The van der Waals surface area contributed by atoms with Gasteiger partial charge in [-0.3, -0.25) is 4.79 Å². The Bertz CT molecular complexity index is 619. The molecule has 0 heterocycles. The van der Waals surface area contributed by atoms with Crippen LogP contribution in [0.1, 0.15) is 15.9 Å². The number of rotatable bonds is 5. The summed E-state index contributed by atoms with van der Waals surface area (Å²) >= 11 is 9.36. The fraction of sp³-hybridized carbons (Fsp3) is 0.188. The van der Waals surface area contributed by atoms with Crippen molar-refractivity contribution in [2.75, 3.05) is 6.61 Å². The molecular weight excluding hydrogens is 354 g/mol. The van der Waals surface area contributed by atoms with E-state index in [9.17, 15) is 9.90 Å². The molecule has 0 radical (unpaired) electrons. The van der Waals surface area contributed by atoms with E-state index in [0.717, 1.165) is 10.0 Å². The van der Waals surface area contributed by atoms with Crippen LogP contribution in [-0.4, -0.2) is 23.7 Å². The van der Waals surface area contributed by atoms with Crippen LogP contribution in [0.5, 0.6) is 0 Å². The molecule has 0 aliphatic carbocycles. The van der Waals surface area contributed by atoms with Crippen LogP contribution in [0, 0.1) is 0 Å². The molecule has 0 saturated heterocycles. The Hall–Kier alpha value is -1.36. The fourth-order valence-corrected chi connectivity index (χ4v) is 2.76. The van der Waals surface area contributed by atoms with Gasteiger partial charge in [-0.15, -0.1) is 0 Å². The van der Waals surface area contributed by atoms with Crippen molar-refractivity contribution in [1.29, 1.82) is 0 Å². The molecule has 0 aromatic heterocycles. The number of amides is 1. The molecule has 2 aromatic carbocycles. The van der Waals surface area contributed by atoms with Gasteiger partial charge in [-0.2, -0.15) is 0 Å². The first-order valence-corrected chi connectivity index (χ1v) is 7.68. The molecule has 0 fully saturated rings. The quantitative estimate of drug-likeness (QED) is 0.849. The second kappa shape index (κ2) is 7.59. The number of nitrogens with one attached hydrogen (secondary N) is 1.